The van der Waals surface area contributed by atoms with Crippen LogP contribution in [0.1, 0.15) is 24.9 Å². The minimum Gasteiger partial charge on any atom is -0.481 e. The molecule has 2 aromatic rings. The molecule has 0 aliphatic carbocycles. The summed E-state index contributed by atoms with van der Waals surface area (Å²) in [6.07, 6.45) is -0.113. The zero-order chi connectivity index (χ0) is 17.0. The maximum absolute atomic E-state index is 13.8. The van der Waals surface area contributed by atoms with Crippen molar-refractivity contribution in [3.05, 3.63) is 47.8 Å². The number of nitrogens with one attached hydrogen (secondary N) is 1. The Hall–Kier alpha value is -2.63. The van der Waals surface area contributed by atoms with E-state index in [9.17, 15) is 14.0 Å². The van der Waals surface area contributed by atoms with Crippen molar-refractivity contribution in [3.8, 4) is 0 Å². The van der Waals surface area contributed by atoms with Gasteiger partial charge in [0.15, 0.2) is 0 Å². The number of carbonyl (C=O) groups is 2. The van der Waals surface area contributed by atoms with Gasteiger partial charge >= 0.3 is 12.0 Å². The number of fused-ring (bicyclic) bond motifs is 1. The van der Waals surface area contributed by atoms with Gasteiger partial charge in [-0.3, -0.25) is 4.79 Å². The maximum Gasteiger partial charge on any atom is 0.317 e. The lowest BCUT2D eigenvalue weighted by Gasteiger charge is -2.22. The van der Waals surface area contributed by atoms with Gasteiger partial charge < -0.3 is 15.3 Å². The van der Waals surface area contributed by atoms with Crippen LogP contribution in [0.5, 0.6) is 0 Å². The van der Waals surface area contributed by atoms with Gasteiger partial charge in [-0.05, 0) is 23.9 Å². The van der Waals surface area contributed by atoms with Crippen molar-refractivity contribution in [2.24, 2.45) is 0 Å². The van der Waals surface area contributed by atoms with E-state index in [-0.39, 0.29) is 30.9 Å². The van der Waals surface area contributed by atoms with E-state index >= 15 is 0 Å². The third kappa shape index (κ3) is 3.97. The van der Waals surface area contributed by atoms with Crippen molar-refractivity contribution in [2.45, 2.75) is 19.4 Å². The Kier molecular flexibility index (Phi) is 5.16. The van der Waals surface area contributed by atoms with E-state index < -0.39 is 5.97 Å². The van der Waals surface area contributed by atoms with Crippen molar-refractivity contribution in [1.29, 1.82) is 0 Å². The molecule has 122 valence electrons. The van der Waals surface area contributed by atoms with Gasteiger partial charge in [0.1, 0.15) is 5.82 Å². The van der Waals surface area contributed by atoms with Crippen LogP contribution in [0, 0.1) is 5.82 Å². The first kappa shape index (κ1) is 16.7. The molecule has 0 aromatic heterocycles. The molecule has 0 saturated carbocycles. The van der Waals surface area contributed by atoms with Crippen LogP contribution in [0.4, 0.5) is 9.18 Å². The number of urea groups is 1. The molecule has 0 radical (unpaired) electrons. The molecular weight excluding hydrogens is 299 g/mol. The van der Waals surface area contributed by atoms with Crippen molar-refractivity contribution in [3.63, 3.8) is 0 Å². The predicted molar refractivity (Wildman–Crippen MR) is 85.7 cm³/mol. The van der Waals surface area contributed by atoms with Crippen LogP contribution in [0.15, 0.2) is 36.4 Å². The number of hydrogen-bond acceptors (Lipinski definition) is 2. The van der Waals surface area contributed by atoms with Crippen LogP contribution in [-0.2, 0) is 4.79 Å². The molecule has 5 nitrogen and oxygen atoms in total. The Bertz CT molecular complexity index is 733. The van der Waals surface area contributed by atoms with E-state index in [2.05, 4.69) is 5.32 Å². The molecule has 2 rings (SSSR count). The van der Waals surface area contributed by atoms with Gasteiger partial charge in [-0.1, -0.05) is 30.3 Å². The molecule has 0 spiro atoms. The van der Waals surface area contributed by atoms with Crippen LogP contribution < -0.4 is 5.32 Å². The largest absolute Gasteiger partial charge is 0.481 e. The van der Waals surface area contributed by atoms with Gasteiger partial charge in [0.25, 0.3) is 0 Å². The standard InChI is InChI=1S/C17H19FN2O3/c1-11(19-17(23)20(2)10-9-16(21)22)12-7-8-15(18)14-6-4-3-5-13(12)14/h3-8,11H,9-10H2,1-2H3,(H,19,23)(H,21,22). The van der Waals surface area contributed by atoms with E-state index in [1.165, 1.54) is 18.0 Å². The summed E-state index contributed by atoms with van der Waals surface area (Å²) in [6, 6.07) is 9.42. The van der Waals surface area contributed by atoms with Gasteiger partial charge in [-0.2, -0.15) is 0 Å². The molecule has 0 aliphatic rings. The number of nitrogens with zero attached hydrogens (tertiary/aromatic N) is 1. The smallest absolute Gasteiger partial charge is 0.317 e. The molecular formula is C17H19FN2O3. The van der Waals surface area contributed by atoms with Crippen molar-refractivity contribution in [1.82, 2.24) is 10.2 Å². The van der Waals surface area contributed by atoms with Gasteiger partial charge in [0.05, 0.1) is 12.5 Å². The van der Waals surface area contributed by atoms with E-state index in [1.807, 2.05) is 19.1 Å². The zero-order valence-corrected chi connectivity index (χ0v) is 13.0. The molecule has 1 unspecified atom stereocenters. The molecule has 6 heteroatoms. The van der Waals surface area contributed by atoms with Crippen molar-refractivity contribution in [2.75, 3.05) is 13.6 Å². The van der Waals surface area contributed by atoms with E-state index in [0.717, 1.165) is 10.9 Å². The minimum absolute atomic E-state index is 0.113. The molecule has 2 aromatic carbocycles. The Balaban J connectivity index is 2.15. The van der Waals surface area contributed by atoms with E-state index in [4.69, 9.17) is 5.11 Å². The van der Waals surface area contributed by atoms with Gasteiger partial charge in [-0.25, -0.2) is 9.18 Å². The highest BCUT2D eigenvalue weighted by atomic mass is 19.1. The number of carboxylic acids is 1. The summed E-state index contributed by atoms with van der Waals surface area (Å²) in [6.45, 7) is 1.93. The molecule has 0 aliphatic heterocycles. The maximum atomic E-state index is 13.8. The third-order valence-electron chi connectivity index (χ3n) is 3.72. The zero-order valence-electron chi connectivity index (χ0n) is 13.0. The molecule has 0 fully saturated rings. The Labute approximate surface area is 133 Å². The topological polar surface area (TPSA) is 69.6 Å². The lowest BCUT2D eigenvalue weighted by atomic mass is 9.99. The summed E-state index contributed by atoms with van der Waals surface area (Å²) in [5.41, 5.74) is 0.807. The number of carboxylic acid groups (broad SMARTS) is 1. The number of rotatable bonds is 5. The predicted octanol–water partition coefficient (Wildman–Crippen LogP) is 3.16. The fourth-order valence-electron chi connectivity index (χ4n) is 2.40. The first-order chi connectivity index (χ1) is 10.9. The molecule has 0 saturated heterocycles. The van der Waals surface area contributed by atoms with Gasteiger partial charge in [0, 0.05) is 19.0 Å². The molecule has 1 atom stereocenters. The Morgan fingerprint density at radius 2 is 1.87 bits per heavy atom. The highest BCUT2D eigenvalue weighted by Gasteiger charge is 2.16. The average molecular weight is 318 g/mol. The number of carbonyl (C=O) groups excluding carboxylic acids is 1. The summed E-state index contributed by atoms with van der Waals surface area (Å²) in [7, 11) is 1.54. The Morgan fingerprint density at radius 3 is 2.52 bits per heavy atom. The molecule has 0 heterocycles. The minimum atomic E-state index is -0.956. The number of aliphatic carboxylic acids is 1. The summed E-state index contributed by atoms with van der Waals surface area (Å²) in [5.74, 6) is -1.26. The summed E-state index contributed by atoms with van der Waals surface area (Å²) in [4.78, 5) is 24.0. The highest BCUT2D eigenvalue weighted by molar-refractivity contribution is 5.87. The second-order valence-corrected chi connectivity index (χ2v) is 5.42. The van der Waals surface area contributed by atoms with Gasteiger partial charge in [0.2, 0.25) is 0 Å². The monoisotopic (exact) mass is 318 g/mol. The summed E-state index contributed by atoms with van der Waals surface area (Å²) < 4.78 is 13.8. The fourth-order valence-corrected chi connectivity index (χ4v) is 2.40. The Morgan fingerprint density at radius 1 is 1.22 bits per heavy atom. The van der Waals surface area contributed by atoms with Crippen LogP contribution in [-0.4, -0.2) is 35.6 Å². The van der Waals surface area contributed by atoms with Crippen LogP contribution >= 0.6 is 0 Å². The summed E-state index contributed by atoms with van der Waals surface area (Å²) in [5, 5.41) is 12.7. The lowest BCUT2D eigenvalue weighted by Crippen LogP contribution is -2.39. The molecule has 2 N–H and O–H groups in total. The molecule has 23 heavy (non-hydrogen) atoms. The van der Waals surface area contributed by atoms with Crippen molar-refractivity contribution >= 4 is 22.8 Å². The fraction of sp³-hybridized carbons (Fsp3) is 0.294. The van der Waals surface area contributed by atoms with Crippen LogP contribution in [0.2, 0.25) is 0 Å². The number of halogens is 1. The number of hydrogen-bond donors (Lipinski definition) is 2. The third-order valence-corrected chi connectivity index (χ3v) is 3.72. The van der Waals surface area contributed by atoms with E-state index in [1.54, 1.807) is 18.2 Å². The molecule has 0 bridgehead atoms. The quantitative estimate of drug-likeness (QED) is 0.889. The number of benzene rings is 2. The van der Waals surface area contributed by atoms with E-state index in [0.29, 0.717) is 5.39 Å². The number of amides is 2. The second kappa shape index (κ2) is 7.09. The molecule has 2 amide bonds. The van der Waals surface area contributed by atoms with Gasteiger partial charge in [-0.15, -0.1) is 0 Å². The van der Waals surface area contributed by atoms with Crippen molar-refractivity contribution < 1.29 is 19.1 Å². The van der Waals surface area contributed by atoms with Crippen LogP contribution in [0.3, 0.4) is 0 Å². The first-order valence-corrected chi connectivity index (χ1v) is 7.30. The second-order valence-electron chi connectivity index (χ2n) is 5.42. The van der Waals surface area contributed by atoms with Crippen LogP contribution in [0.25, 0.3) is 10.8 Å². The highest BCUT2D eigenvalue weighted by Crippen LogP contribution is 2.26. The first-order valence-electron chi connectivity index (χ1n) is 7.30. The SMILES string of the molecule is CC(NC(=O)N(C)CCC(=O)O)c1ccc(F)c2ccccc12. The average Bonchev–Trinajstić information content (AvgIpc) is 2.52. The lowest BCUT2D eigenvalue weighted by molar-refractivity contribution is -0.137. The normalized spacial score (nSPS) is 12.0. The summed E-state index contributed by atoms with van der Waals surface area (Å²) >= 11 is 0.